The molecule has 0 aliphatic heterocycles. The summed E-state index contributed by atoms with van der Waals surface area (Å²) in [7, 11) is 0.946. The van der Waals surface area contributed by atoms with Crippen LogP contribution in [0.2, 0.25) is 0 Å². The molecule has 28 heavy (non-hydrogen) atoms. The number of ether oxygens (including phenoxy) is 1. The Hall–Kier alpha value is -3.26. The van der Waals surface area contributed by atoms with Gasteiger partial charge in [-0.2, -0.15) is 23.7 Å². The van der Waals surface area contributed by atoms with Crippen molar-refractivity contribution in [3.8, 4) is 12.1 Å². The lowest BCUT2D eigenvalue weighted by Gasteiger charge is -2.30. The van der Waals surface area contributed by atoms with Crippen LogP contribution >= 0.6 is 0 Å². The van der Waals surface area contributed by atoms with Gasteiger partial charge in [-0.1, -0.05) is 30.3 Å². The normalized spacial score (nSPS) is 16.5. The van der Waals surface area contributed by atoms with E-state index < -0.39 is 39.9 Å². The standard InChI is InChI=1S/C20H18F3N3O2/c1-18(2,3)26-16-15(20(21,22)23)13(17(27)28-4)14(19(16,10-24)11-25)12-8-6-5-7-9-12/h5-9,26H,1-4H3. The highest BCUT2D eigenvalue weighted by atomic mass is 19.4. The van der Waals surface area contributed by atoms with Crippen LogP contribution in [0.3, 0.4) is 0 Å². The van der Waals surface area contributed by atoms with E-state index in [1.54, 1.807) is 51.1 Å². The van der Waals surface area contributed by atoms with Gasteiger partial charge in [0.05, 0.1) is 36.1 Å². The van der Waals surface area contributed by atoms with Gasteiger partial charge >= 0.3 is 12.1 Å². The predicted molar refractivity (Wildman–Crippen MR) is 95.0 cm³/mol. The third-order valence-electron chi connectivity index (χ3n) is 4.07. The van der Waals surface area contributed by atoms with Crippen LogP contribution in [0, 0.1) is 28.1 Å². The van der Waals surface area contributed by atoms with Crippen LogP contribution in [0.1, 0.15) is 26.3 Å². The quantitative estimate of drug-likeness (QED) is 0.794. The number of carbonyl (C=O) groups excluding carboxylic acids is 1. The summed E-state index contributed by atoms with van der Waals surface area (Å²) in [4.78, 5) is 12.4. The molecule has 5 nitrogen and oxygen atoms in total. The number of alkyl halides is 3. The van der Waals surface area contributed by atoms with Crippen LogP contribution in [0.5, 0.6) is 0 Å². The SMILES string of the molecule is COC(=O)C1=C(c2ccccc2)C(C#N)(C#N)C(NC(C)(C)C)=C1C(F)(F)F. The molecule has 1 aromatic carbocycles. The molecule has 0 spiro atoms. The number of nitrogens with one attached hydrogen (secondary N) is 1. The number of halogens is 3. The maximum atomic E-state index is 14.1. The largest absolute Gasteiger partial charge is 0.465 e. The lowest BCUT2D eigenvalue weighted by atomic mass is 9.78. The minimum Gasteiger partial charge on any atom is -0.465 e. The Kier molecular flexibility index (Phi) is 5.30. The molecule has 0 aromatic heterocycles. The minimum atomic E-state index is -5.01. The van der Waals surface area contributed by atoms with Gasteiger partial charge in [0.2, 0.25) is 5.41 Å². The van der Waals surface area contributed by atoms with Gasteiger partial charge in [0.15, 0.2) is 0 Å². The summed E-state index contributed by atoms with van der Waals surface area (Å²) in [6.07, 6.45) is -5.01. The lowest BCUT2D eigenvalue weighted by molar-refractivity contribution is -0.137. The van der Waals surface area contributed by atoms with E-state index in [4.69, 9.17) is 0 Å². The molecular formula is C20H18F3N3O2. The number of allylic oxidation sites excluding steroid dienone is 1. The number of hydrogen-bond donors (Lipinski definition) is 1. The smallest absolute Gasteiger partial charge is 0.419 e. The predicted octanol–water partition coefficient (Wildman–Crippen LogP) is 3.86. The average Bonchev–Trinajstić information content (AvgIpc) is 2.90. The van der Waals surface area contributed by atoms with E-state index in [9.17, 15) is 28.5 Å². The molecule has 0 fully saturated rings. The summed E-state index contributed by atoms with van der Waals surface area (Å²) in [6.45, 7) is 4.77. The van der Waals surface area contributed by atoms with Crippen LogP contribution in [0.4, 0.5) is 13.2 Å². The monoisotopic (exact) mass is 389 g/mol. The molecular weight excluding hydrogens is 371 g/mol. The summed E-state index contributed by atoms with van der Waals surface area (Å²) in [6, 6.07) is 11.0. The molecule has 0 atom stereocenters. The van der Waals surface area contributed by atoms with Gasteiger partial charge in [0.1, 0.15) is 0 Å². The van der Waals surface area contributed by atoms with Crippen molar-refractivity contribution < 1.29 is 22.7 Å². The summed E-state index contributed by atoms with van der Waals surface area (Å²) >= 11 is 0. The summed E-state index contributed by atoms with van der Waals surface area (Å²) in [5.74, 6) is -1.27. The zero-order chi connectivity index (χ0) is 21.3. The Labute approximate surface area is 160 Å². The van der Waals surface area contributed by atoms with Crippen molar-refractivity contribution in [2.24, 2.45) is 5.41 Å². The molecule has 0 bridgehead atoms. The molecule has 146 valence electrons. The number of rotatable bonds is 3. The van der Waals surface area contributed by atoms with Gasteiger partial charge in [-0.15, -0.1) is 0 Å². The van der Waals surface area contributed by atoms with E-state index in [0.717, 1.165) is 7.11 Å². The van der Waals surface area contributed by atoms with Crippen molar-refractivity contribution in [1.82, 2.24) is 5.32 Å². The fourth-order valence-electron chi connectivity index (χ4n) is 3.09. The Bertz CT molecular complexity index is 926. The van der Waals surface area contributed by atoms with E-state index in [2.05, 4.69) is 10.1 Å². The number of nitriles is 2. The van der Waals surface area contributed by atoms with Crippen molar-refractivity contribution >= 4 is 11.5 Å². The van der Waals surface area contributed by atoms with Crippen LogP contribution < -0.4 is 5.32 Å². The fraction of sp³-hybridized carbons (Fsp3) is 0.350. The van der Waals surface area contributed by atoms with Gasteiger partial charge in [0, 0.05) is 11.1 Å². The van der Waals surface area contributed by atoms with E-state index in [-0.39, 0.29) is 11.1 Å². The van der Waals surface area contributed by atoms with Crippen molar-refractivity contribution in [3.63, 3.8) is 0 Å². The molecule has 0 amide bonds. The van der Waals surface area contributed by atoms with E-state index in [1.807, 2.05) is 0 Å². The Morgan fingerprint density at radius 3 is 2.04 bits per heavy atom. The number of hydrogen-bond acceptors (Lipinski definition) is 5. The third kappa shape index (κ3) is 3.46. The van der Waals surface area contributed by atoms with Crippen molar-refractivity contribution in [2.45, 2.75) is 32.5 Å². The van der Waals surface area contributed by atoms with Gasteiger partial charge in [-0.25, -0.2) is 4.79 Å². The Balaban J connectivity index is 3.05. The second kappa shape index (κ2) is 7.05. The molecule has 1 N–H and O–H groups in total. The molecule has 1 aromatic rings. The van der Waals surface area contributed by atoms with Crippen LogP contribution in [-0.2, 0) is 9.53 Å². The van der Waals surface area contributed by atoms with Gasteiger partial charge in [0.25, 0.3) is 0 Å². The summed E-state index contributed by atoms with van der Waals surface area (Å²) in [5, 5.41) is 22.4. The van der Waals surface area contributed by atoms with Gasteiger partial charge in [-0.3, -0.25) is 0 Å². The first-order valence-electron chi connectivity index (χ1n) is 8.24. The topological polar surface area (TPSA) is 85.9 Å². The Morgan fingerprint density at radius 1 is 1.11 bits per heavy atom. The summed E-state index contributed by atoms with van der Waals surface area (Å²) < 4.78 is 46.8. The molecule has 0 saturated carbocycles. The maximum Gasteiger partial charge on any atom is 0.419 e. The van der Waals surface area contributed by atoms with E-state index in [1.165, 1.54) is 12.1 Å². The first-order chi connectivity index (χ1) is 12.9. The second-order valence-corrected chi connectivity index (χ2v) is 7.20. The number of methoxy groups -OCH3 is 1. The van der Waals surface area contributed by atoms with Gasteiger partial charge < -0.3 is 10.1 Å². The molecule has 2 rings (SSSR count). The fourth-order valence-corrected chi connectivity index (χ4v) is 3.09. The molecule has 1 aliphatic carbocycles. The molecule has 0 saturated heterocycles. The zero-order valence-corrected chi connectivity index (χ0v) is 15.7. The van der Waals surface area contributed by atoms with Crippen molar-refractivity contribution in [1.29, 1.82) is 10.5 Å². The van der Waals surface area contributed by atoms with Gasteiger partial charge in [-0.05, 0) is 26.3 Å². The minimum absolute atomic E-state index is 0.151. The number of esters is 1. The lowest BCUT2D eigenvalue weighted by Crippen LogP contribution is -2.42. The highest BCUT2D eigenvalue weighted by Crippen LogP contribution is 2.55. The highest BCUT2D eigenvalue weighted by molar-refractivity contribution is 6.08. The molecule has 1 aliphatic rings. The first-order valence-corrected chi connectivity index (χ1v) is 8.24. The van der Waals surface area contributed by atoms with Crippen LogP contribution in [0.25, 0.3) is 5.57 Å². The van der Waals surface area contributed by atoms with Crippen LogP contribution in [0.15, 0.2) is 47.2 Å². The molecule has 0 heterocycles. The molecule has 0 unspecified atom stereocenters. The molecule has 0 radical (unpaired) electrons. The van der Waals surface area contributed by atoms with Crippen LogP contribution in [-0.4, -0.2) is 24.8 Å². The molecule has 8 heteroatoms. The summed E-state index contributed by atoms with van der Waals surface area (Å²) in [5.41, 5.74) is -6.34. The van der Waals surface area contributed by atoms with Crippen molar-refractivity contribution in [3.05, 3.63) is 52.7 Å². The first kappa shape index (κ1) is 21.0. The van der Waals surface area contributed by atoms with E-state index >= 15 is 0 Å². The van der Waals surface area contributed by atoms with E-state index in [0.29, 0.717) is 0 Å². The number of carbonyl (C=O) groups is 1. The number of benzene rings is 1. The zero-order valence-electron chi connectivity index (χ0n) is 15.7. The Morgan fingerprint density at radius 2 is 1.64 bits per heavy atom. The highest BCUT2D eigenvalue weighted by Gasteiger charge is 2.58. The maximum absolute atomic E-state index is 14.1. The second-order valence-electron chi connectivity index (χ2n) is 7.20. The third-order valence-corrected chi connectivity index (χ3v) is 4.07. The van der Waals surface area contributed by atoms with Crippen molar-refractivity contribution in [2.75, 3.05) is 7.11 Å². The average molecular weight is 389 g/mol. The number of nitrogens with zero attached hydrogens (tertiary/aromatic N) is 2.